The zero-order valence-corrected chi connectivity index (χ0v) is 15.5. The molecular formula is C15H21Cl2N5O3. The monoisotopic (exact) mass is 389 g/mol. The predicted octanol–water partition coefficient (Wildman–Crippen LogP) is 0.634. The highest BCUT2D eigenvalue weighted by molar-refractivity contribution is 5.95. The number of halogens is 2. The number of aromatic amines is 2. The molecule has 3 rings (SSSR count). The number of hydrogen-bond acceptors (Lipinski definition) is 5. The molecule has 2 aromatic heterocycles. The Kier molecular flexibility index (Phi) is 7.16. The lowest BCUT2D eigenvalue weighted by atomic mass is 10.0. The first-order chi connectivity index (χ1) is 10.9. The summed E-state index contributed by atoms with van der Waals surface area (Å²) >= 11 is 0. The van der Waals surface area contributed by atoms with Gasteiger partial charge in [0.05, 0.1) is 5.39 Å². The molecule has 0 bridgehead atoms. The normalized spacial score (nSPS) is 19.6. The van der Waals surface area contributed by atoms with Crippen molar-refractivity contribution in [3.63, 3.8) is 0 Å². The molecule has 2 unspecified atom stereocenters. The van der Waals surface area contributed by atoms with Crippen molar-refractivity contribution in [2.24, 2.45) is 0 Å². The maximum absolute atomic E-state index is 12.4. The SMILES string of the molecule is Cc1cc(C(=O)NC2CCNC(C)C2)nc2[nH]c(=O)[nH]c(=O)c12.Cl.Cl. The van der Waals surface area contributed by atoms with Gasteiger partial charge in [-0.2, -0.15) is 0 Å². The van der Waals surface area contributed by atoms with Gasteiger partial charge in [-0.05, 0) is 44.9 Å². The highest BCUT2D eigenvalue weighted by Gasteiger charge is 2.21. The first-order valence-corrected chi connectivity index (χ1v) is 7.62. The van der Waals surface area contributed by atoms with Gasteiger partial charge >= 0.3 is 5.69 Å². The Morgan fingerprint density at radius 1 is 1.28 bits per heavy atom. The van der Waals surface area contributed by atoms with Gasteiger partial charge in [0.25, 0.3) is 11.5 Å². The van der Waals surface area contributed by atoms with E-state index in [1.807, 2.05) is 0 Å². The molecule has 0 saturated carbocycles. The maximum Gasteiger partial charge on any atom is 0.327 e. The van der Waals surface area contributed by atoms with Crippen molar-refractivity contribution >= 4 is 41.8 Å². The highest BCUT2D eigenvalue weighted by atomic mass is 35.5. The van der Waals surface area contributed by atoms with E-state index < -0.39 is 11.2 Å². The Balaban J connectivity index is 0.00000156. The van der Waals surface area contributed by atoms with Crippen LogP contribution in [0.2, 0.25) is 0 Å². The van der Waals surface area contributed by atoms with Crippen LogP contribution in [-0.4, -0.2) is 39.5 Å². The molecule has 25 heavy (non-hydrogen) atoms. The first kappa shape index (κ1) is 21.1. The minimum Gasteiger partial charge on any atom is -0.348 e. The molecule has 2 aromatic rings. The molecule has 3 heterocycles. The van der Waals surface area contributed by atoms with E-state index >= 15 is 0 Å². The van der Waals surface area contributed by atoms with Crippen LogP contribution >= 0.6 is 24.8 Å². The second kappa shape index (κ2) is 8.46. The zero-order valence-electron chi connectivity index (χ0n) is 13.8. The molecule has 8 nitrogen and oxygen atoms in total. The van der Waals surface area contributed by atoms with Crippen molar-refractivity contribution < 1.29 is 4.79 Å². The Hall–Kier alpha value is -1.90. The van der Waals surface area contributed by atoms with Crippen LogP contribution < -0.4 is 21.9 Å². The van der Waals surface area contributed by atoms with E-state index in [-0.39, 0.29) is 53.5 Å². The van der Waals surface area contributed by atoms with Crippen LogP contribution in [0.25, 0.3) is 11.0 Å². The summed E-state index contributed by atoms with van der Waals surface area (Å²) in [6.45, 7) is 4.65. The largest absolute Gasteiger partial charge is 0.348 e. The van der Waals surface area contributed by atoms with Crippen LogP contribution in [0.3, 0.4) is 0 Å². The summed E-state index contributed by atoms with van der Waals surface area (Å²) in [5.41, 5.74) is -0.228. The van der Waals surface area contributed by atoms with Crippen molar-refractivity contribution in [2.45, 2.75) is 38.8 Å². The molecule has 2 atom stereocenters. The Morgan fingerprint density at radius 3 is 2.68 bits per heavy atom. The summed E-state index contributed by atoms with van der Waals surface area (Å²) in [7, 11) is 0. The fourth-order valence-corrected chi connectivity index (χ4v) is 2.99. The summed E-state index contributed by atoms with van der Waals surface area (Å²) in [4.78, 5) is 44.4. The smallest absolute Gasteiger partial charge is 0.327 e. The van der Waals surface area contributed by atoms with Gasteiger partial charge < -0.3 is 10.6 Å². The number of H-pyrrole nitrogens is 2. The Bertz CT molecular complexity index is 880. The van der Waals surface area contributed by atoms with E-state index in [0.717, 1.165) is 19.4 Å². The number of fused-ring (bicyclic) bond motifs is 1. The second-order valence-corrected chi connectivity index (χ2v) is 6.01. The fraction of sp³-hybridized carbons (Fsp3) is 0.467. The molecule has 138 valence electrons. The number of piperidine rings is 1. The van der Waals surface area contributed by atoms with Gasteiger partial charge in [-0.3, -0.25) is 19.6 Å². The molecule has 10 heteroatoms. The van der Waals surface area contributed by atoms with Crippen molar-refractivity contribution in [1.82, 2.24) is 25.6 Å². The van der Waals surface area contributed by atoms with Crippen LogP contribution in [0.1, 0.15) is 35.8 Å². The Labute approximate surface area is 156 Å². The van der Waals surface area contributed by atoms with Gasteiger partial charge in [0, 0.05) is 12.1 Å². The van der Waals surface area contributed by atoms with Crippen molar-refractivity contribution in [3.05, 3.63) is 38.2 Å². The average molecular weight is 390 g/mol. The number of pyridine rings is 1. The lowest BCUT2D eigenvalue weighted by molar-refractivity contribution is 0.0921. The number of amides is 1. The molecule has 0 aromatic carbocycles. The van der Waals surface area contributed by atoms with Gasteiger partial charge in [-0.15, -0.1) is 24.8 Å². The third-order valence-electron chi connectivity index (χ3n) is 4.09. The van der Waals surface area contributed by atoms with Crippen molar-refractivity contribution in [1.29, 1.82) is 0 Å². The first-order valence-electron chi connectivity index (χ1n) is 7.62. The number of aryl methyl sites for hydroxylation is 1. The number of aromatic nitrogens is 3. The number of carbonyl (C=O) groups is 1. The standard InChI is InChI=1S/C15H19N5O3.2ClH/c1-7-5-10(13(21)17-9-3-4-16-8(2)6-9)18-12-11(7)14(22)20-15(23)19-12;;/h5,8-9,16H,3-4,6H2,1-2H3,(H,17,21)(H2,18,19,20,22,23);2*1H. The number of hydrogen-bond donors (Lipinski definition) is 4. The fourth-order valence-electron chi connectivity index (χ4n) is 2.99. The summed E-state index contributed by atoms with van der Waals surface area (Å²) in [6, 6.07) is 2.01. The quantitative estimate of drug-likeness (QED) is 0.600. The molecule has 0 aliphatic carbocycles. The third-order valence-corrected chi connectivity index (χ3v) is 4.09. The molecule has 0 spiro atoms. The lowest BCUT2D eigenvalue weighted by Crippen LogP contribution is -2.46. The molecule has 4 N–H and O–H groups in total. The summed E-state index contributed by atoms with van der Waals surface area (Å²) < 4.78 is 0. The minimum atomic E-state index is -0.640. The average Bonchev–Trinajstić information content (AvgIpc) is 2.45. The van der Waals surface area contributed by atoms with Crippen LogP contribution in [0.5, 0.6) is 0 Å². The van der Waals surface area contributed by atoms with Crippen LogP contribution in [0.4, 0.5) is 0 Å². The van der Waals surface area contributed by atoms with E-state index in [9.17, 15) is 14.4 Å². The third kappa shape index (κ3) is 4.59. The molecule has 1 saturated heterocycles. The summed E-state index contributed by atoms with van der Waals surface area (Å²) in [5.74, 6) is -0.296. The minimum absolute atomic E-state index is 0. The topological polar surface area (TPSA) is 120 Å². The van der Waals surface area contributed by atoms with Gasteiger partial charge in [0.15, 0.2) is 0 Å². The molecule has 0 radical (unpaired) electrons. The van der Waals surface area contributed by atoms with E-state index in [4.69, 9.17) is 0 Å². The van der Waals surface area contributed by atoms with Crippen molar-refractivity contribution in [3.8, 4) is 0 Å². The van der Waals surface area contributed by atoms with Crippen LogP contribution in [0, 0.1) is 6.92 Å². The zero-order chi connectivity index (χ0) is 16.6. The molecular weight excluding hydrogens is 369 g/mol. The van der Waals surface area contributed by atoms with Gasteiger partial charge in [0.2, 0.25) is 0 Å². The van der Waals surface area contributed by atoms with E-state index in [1.165, 1.54) is 0 Å². The predicted molar refractivity (Wildman–Crippen MR) is 100 cm³/mol. The van der Waals surface area contributed by atoms with Crippen LogP contribution in [0.15, 0.2) is 15.7 Å². The summed E-state index contributed by atoms with van der Waals surface area (Å²) in [5, 5.41) is 6.58. The van der Waals surface area contributed by atoms with E-state index in [0.29, 0.717) is 11.6 Å². The van der Waals surface area contributed by atoms with Crippen LogP contribution in [-0.2, 0) is 0 Å². The van der Waals surface area contributed by atoms with Gasteiger partial charge in [-0.1, -0.05) is 0 Å². The van der Waals surface area contributed by atoms with E-state index in [1.54, 1.807) is 13.0 Å². The van der Waals surface area contributed by atoms with Gasteiger partial charge in [0.1, 0.15) is 11.3 Å². The second-order valence-electron chi connectivity index (χ2n) is 6.01. The number of nitrogens with zero attached hydrogens (tertiary/aromatic N) is 1. The number of nitrogens with one attached hydrogen (secondary N) is 4. The van der Waals surface area contributed by atoms with E-state index in [2.05, 4.69) is 32.5 Å². The number of carbonyl (C=O) groups excluding carboxylic acids is 1. The summed E-state index contributed by atoms with van der Waals surface area (Å²) in [6.07, 6.45) is 1.72. The molecule has 1 fully saturated rings. The lowest BCUT2D eigenvalue weighted by Gasteiger charge is -2.28. The molecule has 1 aliphatic rings. The molecule has 1 aliphatic heterocycles. The number of rotatable bonds is 2. The molecule has 1 amide bonds. The van der Waals surface area contributed by atoms with Crippen molar-refractivity contribution in [2.75, 3.05) is 6.54 Å². The Morgan fingerprint density at radius 2 is 2.00 bits per heavy atom. The maximum atomic E-state index is 12.4. The van der Waals surface area contributed by atoms with Gasteiger partial charge in [-0.25, -0.2) is 9.78 Å². The highest BCUT2D eigenvalue weighted by Crippen LogP contribution is 2.13.